The maximum atomic E-state index is 4.60. The highest BCUT2D eigenvalue weighted by atomic mass is 14.0. The van der Waals surface area contributed by atoms with E-state index in [0.717, 1.165) is 0 Å². The predicted molar refractivity (Wildman–Crippen MR) is 85.5 cm³/mol. The first-order valence-electron chi connectivity index (χ1n) is 6.43. The van der Waals surface area contributed by atoms with Gasteiger partial charge in [0.15, 0.2) is 0 Å². The van der Waals surface area contributed by atoms with Crippen molar-refractivity contribution < 1.29 is 0 Å². The van der Waals surface area contributed by atoms with Gasteiger partial charge in [0, 0.05) is 0 Å². The molecule has 0 unspecified atom stereocenters. The largest absolute Gasteiger partial charge is 0.120 e. The lowest BCUT2D eigenvalue weighted by molar-refractivity contribution is 1.45. The molecular weight excluding hydrogens is 216 g/mol. The zero-order valence-electron chi connectivity index (χ0n) is 12.6. The van der Waals surface area contributed by atoms with E-state index in [9.17, 15) is 0 Å². The zero-order chi connectivity index (χ0) is 14.4. The van der Waals surface area contributed by atoms with E-state index in [0.29, 0.717) is 0 Å². The fourth-order valence-electron chi connectivity index (χ4n) is 1.28. The molecule has 0 saturated heterocycles. The summed E-state index contributed by atoms with van der Waals surface area (Å²) in [6.45, 7) is 11.9. The molecule has 0 aromatic heterocycles. The van der Waals surface area contributed by atoms with Gasteiger partial charge in [-0.3, -0.25) is 0 Å². The second-order valence-corrected chi connectivity index (χ2v) is 3.40. The summed E-state index contributed by atoms with van der Waals surface area (Å²) in [6.07, 6.45) is 10.9. The van der Waals surface area contributed by atoms with Gasteiger partial charge >= 0.3 is 0 Å². The van der Waals surface area contributed by atoms with Crippen LogP contribution in [0, 0.1) is 19.3 Å². The molecule has 0 amide bonds. The second-order valence-electron chi connectivity index (χ2n) is 3.40. The van der Waals surface area contributed by atoms with Gasteiger partial charge in [-0.25, -0.2) is 0 Å². The lowest BCUT2D eigenvalue weighted by atomic mass is 10.0. The molecule has 0 bridgehead atoms. The molecular formula is C18H26. The summed E-state index contributed by atoms with van der Waals surface area (Å²) < 4.78 is 0. The monoisotopic (exact) mass is 242 g/mol. The fourth-order valence-corrected chi connectivity index (χ4v) is 1.28. The minimum Gasteiger partial charge on any atom is -0.120 e. The van der Waals surface area contributed by atoms with E-state index < -0.39 is 0 Å². The Morgan fingerprint density at radius 2 is 1.56 bits per heavy atom. The van der Waals surface area contributed by atoms with Gasteiger partial charge in [-0.15, -0.1) is 12.3 Å². The first-order valence-corrected chi connectivity index (χ1v) is 6.43. The van der Waals surface area contributed by atoms with Crippen molar-refractivity contribution in [2.24, 2.45) is 0 Å². The Bertz CT molecular complexity index is 383. The van der Waals surface area contributed by atoms with Gasteiger partial charge in [0.05, 0.1) is 0 Å². The number of hydrogen-bond donors (Lipinski definition) is 0. The first-order chi connectivity index (χ1) is 8.69. The lowest BCUT2D eigenvalue weighted by Gasteiger charge is -2.01. The number of allylic oxidation sites excluding steroid dienone is 4. The molecule has 0 heterocycles. The number of rotatable bonds is 2. The molecule has 1 rings (SSSR count). The van der Waals surface area contributed by atoms with Crippen molar-refractivity contribution in [3.63, 3.8) is 0 Å². The highest BCUT2D eigenvalue weighted by Gasteiger charge is 1.94. The molecule has 0 saturated carbocycles. The van der Waals surface area contributed by atoms with Crippen LogP contribution in [-0.2, 0) is 0 Å². The zero-order valence-corrected chi connectivity index (χ0v) is 12.6. The smallest absolute Gasteiger partial charge is 0.00297 e. The average Bonchev–Trinajstić information content (AvgIpc) is 2.40. The minimum absolute atomic E-state index is 1.28. The summed E-state index contributed by atoms with van der Waals surface area (Å²) in [5, 5.41) is 0. The SMILES string of the molecule is C#CC.C/C=C\C(=C/C)c1ccc(C)cc1.CC. The van der Waals surface area contributed by atoms with Crippen molar-refractivity contribution in [3.05, 3.63) is 53.6 Å². The van der Waals surface area contributed by atoms with Crippen molar-refractivity contribution >= 4 is 5.57 Å². The summed E-state index contributed by atoms with van der Waals surface area (Å²) >= 11 is 0. The number of benzene rings is 1. The summed E-state index contributed by atoms with van der Waals surface area (Å²) in [5.74, 6) is 2.25. The lowest BCUT2D eigenvalue weighted by Crippen LogP contribution is -1.80. The van der Waals surface area contributed by atoms with Crippen LogP contribution in [0.3, 0.4) is 0 Å². The highest BCUT2D eigenvalue weighted by molar-refractivity contribution is 5.73. The Morgan fingerprint density at radius 3 is 1.89 bits per heavy atom. The van der Waals surface area contributed by atoms with Gasteiger partial charge in [-0.2, -0.15) is 0 Å². The quantitative estimate of drug-likeness (QED) is 0.465. The molecule has 0 N–H and O–H groups in total. The molecule has 0 aliphatic carbocycles. The minimum atomic E-state index is 1.28. The fraction of sp³-hybridized carbons (Fsp3) is 0.333. The van der Waals surface area contributed by atoms with Gasteiger partial charge in [0.25, 0.3) is 0 Å². The summed E-state index contributed by atoms with van der Waals surface area (Å²) in [5.41, 5.74) is 3.87. The number of aryl methyl sites for hydroxylation is 1. The Kier molecular flexibility index (Phi) is 13.8. The predicted octanol–water partition coefficient (Wildman–Crippen LogP) is 5.64. The Balaban J connectivity index is 0. The highest BCUT2D eigenvalue weighted by Crippen LogP contribution is 2.16. The Hall–Kier alpha value is -1.74. The molecule has 0 fully saturated rings. The van der Waals surface area contributed by atoms with Crippen molar-refractivity contribution in [2.75, 3.05) is 0 Å². The van der Waals surface area contributed by atoms with Crippen LogP contribution in [0.25, 0.3) is 5.57 Å². The molecule has 0 spiro atoms. The van der Waals surface area contributed by atoms with Crippen molar-refractivity contribution in [3.8, 4) is 12.3 Å². The summed E-state index contributed by atoms with van der Waals surface area (Å²) in [6, 6.07) is 8.60. The number of hydrogen-bond acceptors (Lipinski definition) is 0. The van der Waals surface area contributed by atoms with Crippen molar-refractivity contribution in [2.45, 2.75) is 41.5 Å². The molecule has 0 aliphatic rings. The molecule has 0 radical (unpaired) electrons. The van der Waals surface area contributed by atoms with Crippen LogP contribution in [0.1, 0.15) is 45.7 Å². The third-order valence-corrected chi connectivity index (χ3v) is 2.04. The molecule has 18 heavy (non-hydrogen) atoms. The first kappa shape index (κ1) is 18.6. The molecule has 0 atom stereocenters. The molecule has 0 aliphatic heterocycles. The topological polar surface area (TPSA) is 0 Å². The van der Waals surface area contributed by atoms with Crippen LogP contribution >= 0.6 is 0 Å². The van der Waals surface area contributed by atoms with E-state index in [1.54, 1.807) is 6.92 Å². The Labute approximate surface area is 113 Å². The van der Waals surface area contributed by atoms with Gasteiger partial charge in [0.1, 0.15) is 0 Å². The van der Waals surface area contributed by atoms with E-state index in [4.69, 9.17) is 0 Å². The normalized spacial score (nSPS) is 9.72. The van der Waals surface area contributed by atoms with E-state index in [-0.39, 0.29) is 0 Å². The molecule has 1 aromatic rings. The van der Waals surface area contributed by atoms with Gasteiger partial charge in [-0.05, 0) is 38.8 Å². The van der Waals surface area contributed by atoms with Crippen molar-refractivity contribution in [1.82, 2.24) is 0 Å². The van der Waals surface area contributed by atoms with Gasteiger partial charge < -0.3 is 0 Å². The van der Waals surface area contributed by atoms with Gasteiger partial charge in [0.2, 0.25) is 0 Å². The van der Waals surface area contributed by atoms with Crippen LogP contribution in [0.2, 0.25) is 0 Å². The van der Waals surface area contributed by atoms with Gasteiger partial charge in [-0.1, -0.05) is 61.9 Å². The van der Waals surface area contributed by atoms with E-state index in [1.807, 2.05) is 20.8 Å². The van der Waals surface area contributed by atoms with E-state index in [2.05, 4.69) is 68.7 Å². The van der Waals surface area contributed by atoms with Crippen LogP contribution in [0.5, 0.6) is 0 Å². The molecule has 98 valence electrons. The molecule has 1 aromatic carbocycles. The third kappa shape index (κ3) is 8.42. The van der Waals surface area contributed by atoms with Crippen molar-refractivity contribution in [1.29, 1.82) is 0 Å². The third-order valence-electron chi connectivity index (χ3n) is 2.04. The van der Waals surface area contributed by atoms with Crippen LogP contribution in [0.4, 0.5) is 0 Å². The maximum Gasteiger partial charge on any atom is -0.00297 e. The average molecular weight is 242 g/mol. The second kappa shape index (κ2) is 13.3. The van der Waals surface area contributed by atoms with E-state index >= 15 is 0 Å². The summed E-state index contributed by atoms with van der Waals surface area (Å²) in [4.78, 5) is 0. The summed E-state index contributed by atoms with van der Waals surface area (Å²) in [7, 11) is 0. The molecule has 0 nitrogen and oxygen atoms in total. The Morgan fingerprint density at radius 1 is 1.11 bits per heavy atom. The van der Waals surface area contributed by atoms with Crippen LogP contribution in [-0.4, -0.2) is 0 Å². The standard InChI is InChI=1S/C13H16.C3H4.C2H6/c1-4-6-12(5-2)13-9-7-11(3)8-10-13;1-3-2;1-2/h4-10H,1-3H3;1H,2H3;1-2H3/b6-4-,12-5+;;. The number of terminal acetylenes is 1. The molecule has 0 heteroatoms. The maximum absolute atomic E-state index is 4.60. The van der Waals surface area contributed by atoms with Crippen LogP contribution in [0.15, 0.2) is 42.5 Å². The van der Waals surface area contributed by atoms with Crippen LogP contribution < -0.4 is 0 Å². The van der Waals surface area contributed by atoms with E-state index in [1.165, 1.54) is 16.7 Å².